The highest BCUT2D eigenvalue weighted by molar-refractivity contribution is 5.26. The molecule has 0 heterocycles. The lowest BCUT2D eigenvalue weighted by molar-refractivity contribution is 0.357. The highest BCUT2D eigenvalue weighted by Gasteiger charge is 2.27. The maximum atomic E-state index is 13.6. The van der Waals surface area contributed by atoms with E-state index in [1.807, 2.05) is 26.8 Å². The summed E-state index contributed by atoms with van der Waals surface area (Å²) in [7, 11) is 0. The molecule has 0 saturated carbocycles. The van der Waals surface area contributed by atoms with Crippen LogP contribution in [0.15, 0.2) is 18.2 Å². The average Bonchev–Trinajstić information content (AvgIpc) is 2.31. The van der Waals surface area contributed by atoms with Crippen molar-refractivity contribution < 1.29 is 4.39 Å². The highest BCUT2D eigenvalue weighted by atomic mass is 19.1. The Labute approximate surface area is 96.9 Å². The highest BCUT2D eigenvalue weighted by Crippen LogP contribution is 2.31. The van der Waals surface area contributed by atoms with Crippen LogP contribution >= 0.6 is 0 Å². The SMILES string of the molecule is CCC(C#N)(CC)Cc1cc(C)ccc1F. The topological polar surface area (TPSA) is 23.8 Å². The predicted octanol–water partition coefficient (Wildman–Crippen LogP) is 4.01. The third-order valence-corrected chi connectivity index (χ3v) is 3.32. The Morgan fingerprint density at radius 1 is 1.31 bits per heavy atom. The fourth-order valence-electron chi connectivity index (χ4n) is 1.90. The van der Waals surface area contributed by atoms with E-state index in [4.69, 9.17) is 0 Å². The van der Waals surface area contributed by atoms with Gasteiger partial charge >= 0.3 is 0 Å². The predicted molar refractivity (Wildman–Crippen MR) is 63.5 cm³/mol. The molecule has 0 spiro atoms. The molecule has 0 unspecified atom stereocenters. The first-order valence-electron chi connectivity index (χ1n) is 5.73. The van der Waals surface area contributed by atoms with Crippen molar-refractivity contribution in [1.29, 1.82) is 5.26 Å². The van der Waals surface area contributed by atoms with Gasteiger partial charge in [0, 0.05) is 0 Å². The Kier molecular flexibility index (Phi) is 4.06. The Balaban J connectivity index is 3.03. The zero-order chi connectivity index (χ0) is 12.2. The number of hydrogen-bond acceptors (Lipinski definition) is 1. The maximum absolute atomic E-state index is 13.6. The van der Waals surface area contributed by atoms with E-state index in [0.717, 1.165) is 18.4 Å². The van der Waals surface area contributed by atoms with E-state index in [1.54, 1.807) is 6.07 Å². The van der Waals surface area contributed by atoms with Gasteiger partial charge in [-0.25, -0.2) is 4.39 Å². The van der Waals surface area contributed by atoms with Gasteiger partial charge in [-0.15, -0.1) is 0 Å². The Morgan fingerprint density at radius 2 is 1.94 bits per heavy atom. The molecule has 0 aliphatic heterocycles. The molecule has 0 N–H and O–H groups in total. The molecule has 2 heteroatoms. The number of hydrogen-bond donors (Lipinski definition) is 0. The summed E-state index contributed by atoms with van der Waals surface area (Å²) < 4.78 is 13.6. The van der Waals surface area contributed by atoms with Gasteiger partial charge < -0.3 is 0 Å². The van der Waals surface area contributed by atoms with E-state index in [1.165, 1.54) is 6.07 Å². The molecule has 0 bridgehead atoms. The summed E-state index contributed by atoms with van der Waals surface area (Å²) in [5.74, 6) is -0.202. The second kappa shape index (κ2) is 5.12. The van der Waals surface area contributed by atoms with Crippen LogP contribution < -0.4 is 0 Å². The normalized spacial score (nSPS) is 11.2. The van der Waals surface area contributed by atoms with Crippen molar-refractivity contribution in [3.05, 3.63) is 35.1 Å². The number of benzene rings is 1. The van der Waals surface area contributed by atoms with Crippen LogP contribution in [-0.2, 0) is 6.42 Å². The minimum atomic E-state index is -0.422. The fraction of sp³-hybridized carbons (Fsp3) is 0.500. The number of aryl methyl sites for hydroxylation is 1. The summed E-state index contributed by atoms with van der Waals surface area (Å²) in [4.78, 5) is 0. The molecule has 86 valence electrons. The van der Waals surface area contributed by atoms with Crippen LogP contribution in [0.1, 0.15) is 37.8 Å². The lowest BCUT2D eigenvalue weighted by Gasteiger charge is -2.23. The van der Waals surface area contributed by atoms with Gasteiger partial charge in [0.05, 0.1) is 11.5 Å². The summed E-state index contributed by atoms with van der Waals surface area (Å²) in [6.45, 7) is 5.91. The maximum Gasteiger partial charge on any atom is 0.126 e. The van der Waals surface area contributed by atoms with Crippen LogP contribution in [0, 0.1) is 29.5 Å². The molecular weight excluding hydrogens is 201 g/mol. The van der Waals surface area contributed by atoms with E-state index >= 15 is 0 Å². The minimum Gasteiger partial charge on any atom is -0.207 e. The molecule has 1 rings (SSSR count). The molecule has 16 heavy (non-hydrogen) atoms. The lowest BCUT2D eigenvalue weighted by Crippen LogP contribution is -2.20. The summed E-state index contributed by atoms with van der Waals surface area (Å²) >= 11 is 0. The Hall–Kier alpha value is -1.36. The van der Waals surface area contributed by atoms with Crippen LogP contribution in [0.5, 0.6) is 0 Å². The van der Waals surface area contributed by atoms with Crippen molar-refractivity contribution in [2.45, 2.75) is 40.0 Å². The molecule has 0 aromatic heterocycles. The number of nitriles is 1. The van der Waals surface area contributed by atoms with Gasteiger partial charge in [0.25, 0.3) is 0 Å². The quantitative estimate of drug-likeness (QED) is 0.750. The van der Waals surface area contributed by atoms with Crippen LogP contribution in [0.3, 0.4) is 0 Å². The zero-order valence-electron chi connectivity index (χ0n) is 10.2. The van der Waals surface area contributed by atoms with Crippen molar-refractivity contribution in [3.63, 3.8) is 0 Å². The van der Waals surface area contributed by atoms with Gasteiger partial charge in [0.15, 0.2) is 0 Å². The van der Waals surface area contributed by atoms with E-state index in [-0.39, 0.29) is 5.82 Å². The van der Waals surface area contributed by atoms with E-state index in [9.17, 15) is 9.65 Å². The lowest BCUT2D eigenvalue weighted by atomic mass is 9.78. The molecule has 0 radical (unpaired) electrons. The fourth-order valence-corrected chi connectivity index (χ4v) is 1.90. The Morgan fingerprint density at radius 3 is 2.44 bits per heavy atom. The monoisotopic (exact) mass is 219 g/mol. The van der Waals surface area contributed by atoms with Gasteiger partial charge in [-0.3, -0.25) is 0 Å². The first kappa shape index (κ1) is 12.7. The summed E-state index contributed by atoms with van der Waals surface area (Å²) in [5, 5.41) is 9.23. The minimum absolute atomic E-state index is 0.202. The van der Waals surface area contributed by atoms with E-state index in [2.05, 4.69) is 6.07 Å². The van der Waals surface area contributed by atoms with Crippen LogP contribution in [0.25, 0.3) is 0 Å². The van der Waals surface area contributed by atoms with E-state index < -0.39 is 5.41 Å². The van der Waals surface area contributed by atoms with Crippen LogP contribution in [-0.4, -0.2) is 0 Å². The molecule has 0 amide bonds. The zero-order valence-corrected chi connectivity index (χ0v) is 10.2. The molecule has 1 nitrogen and oxygen atoms in total. The van der Waals surface area contributed by atoms with Crippen molar-refractivity contribution in [1.82, 2.24) is 0 Å². The van der Waals surface area contributed by atoms with E-state index in [0.29, 0.717) is 12.0 Å². The molecule has 0 fully saturated rings. The van der Waals surface area contributed by atoms with Gasteiger partial charge in [0.2, 0.25) is 0 Å². The largest absolute Gasteiger partial charge is 0.207 e. The van der Waals surface area contributed by atoms with Gasteiger partial charge in [-0.2, -0.15) is 5.26 Å². The second-order valence-corrected chi connectivity index (χ2v) is 4.37. The van der Waals surface area contributed by atoms with Gasteiger partial charge in [-0.05, 0) is 37.8 Å². The van der Waals surface area contributed by atoms with Crippen molar-refractivity contribution in [3.8, 4) is 6.07 Å². The van der Waals surface area contributed by atoms with Crippen LogP contribution in [0.4, 0.5) is 4.39 Å². The molecule has 0 atom stereocenters. The number of nitrogens with zero attached hydrogens (tertiary/aromatic N) is 1. The smallest absolute Gasteiger partial charge is 0.126 e. The van der Waals surface area contributed by atoms with Crippen molar-refractivity contribution in [2.24, 2.45) is 5.41 Å². The van der Waals surface area contributed by atoms with Crippen molar-refractivity contribution >= 4 is 0 Å². The molecule has 0 saturated heterocycles. The second-order valence-electron chi connectivity index (χ2n) is 4.37. The standard InChI is InChI=1S/C14H18FN/c1-4-14(5-2,10-16)9-12-8-11(3)6-7-13(12)15/h6-8H,4-5,9H2,1-3H3. The summed E-state index contributed by atoms with van der Waals surface area (Å²) in [6.07, 6.45) is 2.02. The van der Waals surface area contributed by atoms with Gasteiger partial charge in [0.1, 0.15) is 5.82 Å². The third kappa shape index (κ3) is 2.61. The third-order valence-electron chi connectivity index (χ3n) is 3.32. The Bertz CT molecular complexity index is 400. The molecule has 1 aromatic carbocycles. The van der Waals surface area contributed by atoms with Crippen molar-refractivity contribution in [2.75, 3.05) is 0 Å². The number of rotatable bonds is 4. The average molecular weight is 219 g/mol. The van der Waals surface area contributed by atoms with Crippen LogP contribution in [0.2, 0.25) is 0 Å². The first-order valence-corrected chi connectivity index (χ1v) is 5.73. The molecule has 0 aliphatic rings. The first-order chi connectivity index (χ1) is 7.56. The molecule has 0 aliphatic carbocycles. The number of halogens is 1. The van der Waals surface area contributed by atoms with Gasteiger partial charge in [-0.1, -0.05) is 31.5 Å². The summed E-state index contributed by atoms with van der Waals surface area (Å²) in [5.41, 5.74) is 1.27. The summed E-state index contributed by atoms with van der Waals surface area (Å²) in [6, 6.07) is 7.42. The molecular formula is C14H18FN. The molecule has 1 aromatic rings.